The highest BCUT2D eigenvalue weighted by molar-refractivity contribution is 7.59. The number of nitrogens with zero attached hydrogens (tertiary/aromatic N) is 2. The Hall–Kier alpha value is 0.270. The Morgan fingerprint density at radius 3 is 1.24 bits per heavy atom. The Morgan fingerprint density at radius 1 is 0.647 bits per heavy atom. The molecule has 4 saturated carbocycles. The smallest absolute Gasteiger partial charge is 0.0985 e. The molecule has 0 aromatic carbocycles. The molecular formula is C31H60N2S. The lowest BCUT2D eigenvalue weighted by Gasteiger charge is -2.43. The van der Waals surface area contributed by atoms with E-state index in [9.17, 15) is 0 Å². The van der Waals surface area contributed by atoms with Gasteiger partial charge < -0.3 is 0 Å². The molecule has 6 aliphatic rings. The van der Waals surface area contributed by atoms with E-state index >= 15 is 0 Å². The second kappa shape index (κ2) is 8.39. The van der Waals surface area contributed by atoms with Crippen LogP contribution in [-0.2, 0) is 0 Å². The van der Waals surface area contributed by atoms with Crippen molar-refractivity contribution in [1.82, 2.24) is 9.80 Å². The molecule has 3 heteroatoms. The first kappa shape index (κ1) is 27.3. The molecule has 4 aliphatic carbocycles. The van der Waals surface area contributed by atoms with Gasteiger partial charge in [0.05, 0.1) is 1.12 Å². The molecule has 2 spiro atoms. The maximum absolute atomic E-state index is 5.44. The van der Waals surface area contributed by atoms with E-state index in [-0.39, 0.29) is 7.43 Å². The third kappa shape index (κ3) is 3.55. The number of hydrogen-bond donors (Lipinski definition) is 0. The van der Waals surface area contributed by atoms with Crippen molar-refractivity contribution in [3.05, 3.63) is 0 Å². The van der Waals surface area contributed by atoms with Gasteiger partial charge in [0, 0.05) is 23.2 Å². The molecule has 2 saturated heterocycles. The summed E-state index contributed by atoms with van der Waals surface area (Å²) < 4.78 is 5.44. The van der Waals surface area contributed by atoms with Gasteiger partial charge in [-0.2, -0.15) is 13.4 Å². The Bertz CT molecular complexity index is 701. The quantitative estimate of drug-likeness (QED) is 0.335. The van der Waals surface area contributed by atoms with Gasteiger partial charge in [-0.15, -0.1) is 0 Å². The van der Waals surface area contributed by atoms with Crippen LogP contribution in [0.15, 0.2) is 0 Å². The van der Waals surface area contributed by atoms with E-state index in [1.807, 2.05) is 0 Å². The van der Waals surface area contributed by atoms with E-state index in [0.717, 1.165) is 23.9 Å². The number of likely N-dealkylation sites (tertiary alicyclic amines) is 2. The van der Waals surface area contributed by atoms with Crippen molar-refractivity contribution in [3.63, 3.8) is 0 Å². The molecule has 2 nitrogen and oxygen atoms in total. The van der Waals surface area contributed by atoms with Crippen molar-refractivity contribution in [2.24, 2.45) is 33.5 Å². The van der Waals surface area contributed by atoms with Gasteiger partial charge in [-0.1, -0.05) is 35.1 Å². The largest absolute Gasteiger partial charge is 0.295 e. The van der Waals surface area contributed by atoms with Crippen LogP contribution in [0.25, 0.3) is 0 Å². The molecule has 6 rings (SSSR count). The number of fused-ring (bicyclic) bond motifs is 2. The fourth-order valence-electron chi connectivity index (χ4n) is 10.7. The zero-order valence-electron chi connectivity index (χ0n) is 24.7. The summed E-state index contributed by atoms with van der Waals surface area (Å²) in [5.74, 6) is 2.00. The van der Waals surface area contributed by atoms with Gasteiger partial charge in [-0.05, 0) is 139 Å². The molecule has 34 heavy (non-hydrogen) atoms. The van der Waals surface area contributed by atoms with Gasteiger partial charge >= 0.3 is 0 Å². The first-order valence-corrected chi connectivity index (χ1v) is 14.1. The molecule has 6 fully saturated rings. The first-order chi connectivity index (χ1) is 15.6. The molecule has 2 unspecified atom stereocenters. The summed E-state index contributed by atoms with van der Waals surface area (Å²) in [6.45, 7) is 27.2. The van der Waals surface area contributed by atoms with Crippen LogP contribution in [0.1, 0.15) is 128 Å². The van der Waals surface area contributed by atoms with Crippen LogP contribution in [0.4, 0.5) is 0 Å². The predicted molar refractivity (Wildman–Crippen MR) is 154 cm³/mol. The highest BCUT2D eigenvalue weighted by atomic mass is 32.1. The zero-order chi connectivity index (χ0) is 25.5. The lowest BCUT2D eigenvalue weighted by atomic mass is 9.67. The number of hydrogen-bond acceptors (Lipinski definition) is 2. The topological polar surface area (TPSA) is 6.48 Å². The minimum atomic E-state index is 0. The molecule has 0 aromatic heterocycles. The summed E-state index contributed by atoms with van der Waals surface area (Å²) >= 11 is 2.78. The van der Waals surface area contributed by atoms with Gasteiger partial charge in [0.15, 0.2) is 0 Å². The normalized spacial score (nSPS) is 43.8. The van der Waals surface area contributed by atoms with Crippen LogP contribution in [0.3, 0.4) is 0 Å². The van der Waals surface area contributed by atoms with Crippen molar-refractivity contribution in [2.45, 2.75) is 151 Å². The Labute approximate surface area is 221 Å². The third-order valence-corrected chi connectivity index (χ3v) is 12.9. The standard InChI is InChI=1S/2C15H27N.CH4.H2S/c2*1-13(2,3)16-9-8-15-7-6-11(10-12(15)16)14(15,4)5;;/h2*11-12H,6-10H2,1-5H3;1H4;1H2/t11?,12?,15-;11-,12-,15-;;/m00../s1/i/hT. The second-order valence-electron chi connectivity index (χ2n) is 16.0. The summed E-state index contributed by atoms with van der Waals surface area (Å²) in [4.78, 5) is 5.63. The van der Waals surface area contributed by atoms with E-state index in [4.69, 9.17) is 1.12 Å². The summed E-state index contributed by atoms with van der Waals surface area (Å²) in [7, 11) is 0. The van der Waals surface area contributed by atoms with Crippen molar-refractivity contribution in [3.8, 4) is 0 Å². The zero-order valence-corrected chi connectivity index (χ0v) is 24.6. The molecule has 200 valence electrons. The van der Waals surface area contributed by atoms with Crippen LogP contribution < -0.4 is 0 Å². The van der Waals surface area contributed by atoms with Gasteiger partial charge in [0.2, 0.25) is 0 Å². The van der Waals surface area contributed by atoms with Crippen molar-refractivity contribution < 1.29 is 0 Å². The van der Waals surface area contributed by atoms with E-state index in [1.165, 1.54) is 64.5 Å². The lowest BCUT2D eigenvalue weighted by Crippen LogP contribution is -2.48. The van der Waals surface area contributed by atoms with Crippen molar-refractivity contribution in [1.29, 1.82) is 1.12 Å². The molecule has 2 heterocycles. The van der Waals surface area contributed by atoms with E-state index in [1.54, 1.807) is 0 Å². The molecule has 4 bridgehead atoms. The average Bonchev–Trinajstić information content (AvgIpc) is 3.51. The van der Waals surface area contributed by atoms with Crippen LogP contribution in [-0.4, -0.2) is 47.2 Å². The van der Waals surface area contributed by atoms with Crippen molar-refractivity contribution in [2.75, 3.05) is 13.1 Å². The van der Waals surface area contributed by atoms with Crippen LogP contribution in [0.2, 0.25) is 0 Å². The van der Waals surface area contributed by atoms with Gasteiger partial charge in [-0.25, -0.2) is 0 Å². The predicted octanol–water partition coefficient (Wildman–Crippen LogP) is 8.12. The third-order valence-electron chi connectivity index (χ3n) is 12.9. The molecule has 0 amide bonds. The summed E-state index contributed by atoms with van der Waals surface area (Å²) in [6.07, 6.45) is 11.9. The molecular weight excluding hydrogens is 432 g/mol. The summed E-state index contributed by atoms with van der Waals surface area (Å²) in [5.41, 5.74) is 3.30. The molecule has 0 N–H and O–H groups in total. The SMILES string of the molecule is C.CC(C)(C)N1CC[C@@]23CCC(CC12)C3(C)C.CC(C)(C)N1CC[C@@]23CC[C@@H](C[C@H]12)C3(C)C.[3H]S. The average molecular weight is 495 g/mol. The summed E-state index contributed by atoms with van der Waals surface area (Å²) in [6, 6.07) is 1.78. The van der Waals surface area contributed by atoms with Crippen LogP contribution in [0, 0.1) is 33.5 Å². The van der Waals surface area contributed by atoms with E-state index < -0.39 is 0 Å². The highest BCUT2D eigenvalue weighted by Gasteiger charge is 2.69. The summed E-state index contributed by atoms with van der Waals surface area (Å²) in [5, 5.41) is 0. The Kier molecular flexibility index (Phi) is 6.74. The fourth-order valence-corrected chi connectivity index (χ4v) is 10.7. The second-order valence-corrected chi connectivity index (χ2v) is 16.0. The highest BCUT2D eigenvalue weighted by Crippen LogP contribution is 2.72. The molecule has 0 aromatic rings. The van der Waals surface area contributed by atoms with Gasteiger partial charge in [0.1, 0.15) is 0 Å². The minimum absolute atomic E-state index is 0. The Balaban J connectivity index is 0.000000178. The maximum atomic E-state index is 5.44. The Morgan fingerprint density at radius 2 is 0.971 bits per heavy atom. The molecule has 2 aliphatic heterocycles. The van der Waals surface area contributed by atoms with Crippen LogP contribution >= 0.6 is 13.4 Å². The molecule has 6 atom stereocenters. The fraction of sp³-hybridized carbons (Fsp3) is 1.00. The number of rotatable bonds is 0. The van der Waals surface area contributed by atoms with E-state index in [2.05, 4.69) is 92.4 Å². The minimum Gasteiger partial charge on any atom is -0.295 e. The van der Waals surface area contributed by atoms with E-state index in [0.29, 0.717) is 32.7 Å². The lowest BCUT2D eigenvalue weighted by molar-refractivity contribution is 0.0570. The van der Waals surface area contributed by atoms with Crippen molar-refractivity contribution >= 4 is 13.4 Å². The maximum Gasteiger partial charge on any atom is 0.0985 e. The van der Waals surface area contributed by atoms with Crippen LogP contribution in [0.5, 0.6) is 0 Å². The monoisotopic (exact) mass is 494 g/mol. The first-order valence-electron chi connectivity index (χ1n) is 14.6. The molecule has 0 radical (unpaired) electrons. The van der Waals surface area contributed by atoms with Gasteiger partial charge in [-0.3, -0.25) is 9.80 Å². The van der Waals surface area contributed by atoms with Gasteiger partial charge in [0.25, 0.3) is 0 Å².